The van der Waals surface area contributed by atoms with Crippen molar-refractivity contribution in [1.82, 2.24) is 14.0 Å². The number of rotatable bonds is 3. The van der Waals surface area contributed by atoms with Gasteiger partial charge in [-0.3, -0.25) is 9.20 Å². The number of hydrogen-bond donors (Lipinski definition) is 1. The first-order valence-corrected chi connectivity index (χ1v) is 9.45. The summed E-state index contributed by atoms with van der Waals surface area (Å²) < 4.78 is 3.98. The number of pyridine rings is 1. The van der Waals surface area contributed by atoms with Crippen molar-refractivity contribution in [2.45, 2.75) is 6.92 Å². The molecule has 0 radical (unpaired) electrons. The van der Waals surface area contributed by atoms with Crippen molar-refractivity contribution in [2.75, 3.05) is 5.73 Å². The van der Waals surface area contributed by atoms with Gasteiger partial charge in [-0.1, -0.05) is 6.07 Å². The average molecular weight is 380 g/mol. The minimum absolute atomic E-state index is 0.0779. The van der Waals surface area contributed by atoms with Crippen LogP contribution < -0.4 is 5.73 Å². The van der Waals surface area contributed by atoms with Crippen molar-refractivity contribution in [2.24, 2.45) is 7.05 Å². The summed E-state index contributed by atoms with van der Waals surface area (Å²) in [6, 6.07) is 17.5. The number of carbonyl (C=O) groups is 1. The van der Waals surface area contributed by atoms with Gasteiger partial charge < -0.3 is 10.3 Å². The van der Waals surface area contributed by atoms with Crippen molar-refractivity contribution >= 4 is 28.0 Å². The van der Waals surface area contributed by atoms with Gasteiger partial charge in [-0.25, -0.2) is 4.98 Å². The van der Waals surface area contributed by atoms with E-state index in [0.717, 1.165) is 22.3 Å². The van der Waals surface area contributed by atoms with E-state index < -0.39 is 0 Å². The van der Waals surface area contributed by atoms with Gasteiger partial charge in [0.05, 0.1) is 6.20 Å². The molecule has 0 saturated carbocycles. The fraction of sp³-hybridized carbons (Fsp3) is 0.0833. The maximum absolute atomic E-state index is 13.0. The molecule has 0 atom stereocenters. The normalized spacial score (nSPS) is 11.4. The number of ketones is 1. The van der Waals surface area contributed by atoms with E-state index in [2.05, 4.69) is 46.9 Å². The largest absolute Gasteiger partial charge is 0.399 e. The summed E-state index contributed by atoms with van der Waals surface area (Å²) in [7, 11) is 2.04. The molecule has 0 aliphatic carbocycles. The lowest BCUT2D eigenvalue weighted by Crippen LogP contribution is -2.06. The number of benzene rings is 2. The second-order valence-corrected chi connectivity index (χ2v) is 7.39. The van der Waals surface area contributed by atoms with Gasteiger partial charge in [0.1, 0.15) is 11.3 Å². The summed E-state index contributed by atoms with van der Waals surface area (Å²) in [5, 5.41) is 1.19. The predicted octanol–water partition coefficient (Wildman–Crippen LogP) is 4.61. The summed E-state index contributed by atoms with van der Waals surface area (Å²) in [4.78, 5) is 17.5. The van der Waals surface area contributed by atoms with Crippen LogP contribution >= 0.6 is 0 Å². The average Bonchev–Trinajstić information content (AvgIpc) is 3.30. The molecular weight excluding hydrogens is 360 g/mol. The highest BCUT2D eigenvalue weighted by molar-refractivity contribution is 6.08. The van der Waals surface area contributed by atoms with Crippen LogP contribution in [0.1, 0.15) is 21.6 Å². The standard InChI is InChI=1S/C24H20N4O/c1-15-11-23-26-13-22(24(29)16-3-6-19(25)7-4-16)28(23)14-20(15)17-5-8-21-18(12-17)9-10-27(21)2/h3-14H,25H2,1-2H3. The van der Waals surface area contributed by atoms with Crippen LogP contribution in [-0.4, -0.2) is 19.7 Å². The topological polar surface area (TPSA) is 65.3 Å². The monoisotopic (exact) mass is 380 g/mol. The van der Waals surface area contributed by atoms with Crippen LogP contribution in [-0.2, 0) is 7.05 Å². The third kappa shape index (κ3) is 2.79. The summed E-state index contributed by atoms with van der Waals surface area (Å²) in [5.74, 6) is -0.0779. The number of nitrogens with zero attached hydrogens (tertiary/aromatic N) is 3. The highest BCUT2D eigenvalue weighted by Crippen LogP contribution is 2.29. The van der Waals surface area contributed by atoms with Gasteiger partial charge in [0, 0.05) is 47.2 Å². The number of nitrogen functional groups attached to an aromatic ring is 1. The Hall–Kier alpha value is -3.86. The zero-order chi connectivity index (χ0) is 20.1. The Balaban J connectivity index is 1.65. The summed E-state index contributed by atoms with van der Waals surface area (Å²) >= 11 is 0. The van der Waals surface area contributed by atoms with Crippen LogP contribution in [0.4, 0.5) is 5.69 Å². The Morgan fingerprint density at radius 3 is 2.62 bits per heavy atom. The van der Waals surface area contributed by atoms with Crippen molar-refractivity contribution in [3.8, 4) is 11.1 Å². The zero-order valence-electron chi connectivity index (χ0n) is 16.3. The summed E-state index contributed by atoms with van der Waals surface area (Å²) in [6.45, 7) is 2.07. The van der Waals surface area contributed by atoms with E-state index in [1.807, 2.05) is 23.7 Å². The third-order valence-corrected chi connectivity index (χ3v) is 5.46. The summed E-state index contributed by atoms with van der Waals surface area (Å²) in [5.41, 5.74) is 12.8. The molecule has 2 aromatic carbocycles. The highest BCUT2D eigenvalue weighted by Gasteiger charge is 2.16. The molecule has 0 spiro atoms. The Labute approximate surface area is 168 Å². The Bertz CT molecular complexity index is 1390. The quantitative estimate of drug-likeness (QED) is 0.367. The second-order valence-electron chi connectivity index (χ2n) is 7.39. The number of imidazole rings is 1. The number of aryl methyl sites for hydroxylation is 2. The molecule has 5 heteroatoms. The van der Waals surface area contributed by atoms with Gasteiger partial charge >= 0.3 is 0 Å². The van der Waals surface area contributed by atoms with Crippen molar-refractivity contribution in [3.63, 3.8) is 0 Å². The number of nitrogens with two attached hydrogens (primary N) is 1. The third-order valence-electron chi connectivity index (χ3n) is 5.46. The Morgan fingerprint density at radius 2 is 1.83 bits per heavy atom. The molecular formula is C24H20N4O. The summed E-state index contributed by atoms with van der Waals surface area (Å²) in [6.07, 6.45) is 5.70. The molecule has 5 aromatic rings. The molecule has 5 nitrogen and oxygen atoms in total. The zero-order valence-corrected chi connectivity index (χ0v) is 16.3. The molecule has 0 fully saturated rings. The van der Waals surface area contributed by atoms with Gasteiger partial charge in [-0.15, -0.1) is 0 Å². The lowest BCUT2D eigenvalue weighted by molar-refractivity contribution is 0.103. The molecule has 2 N–H and O–H groups in total. The number of fused-ring (bicyclic) bond motifs is 2. The Morgan fingerprint density at radius 1 is 1.03 bits per heavy atom. The fourth-order valence-corrected chi connectivity index (χ4v) is 3.82. The van der Waals surface area contributed by atoms with E-state index >= 15 is 0 Å². The maximum Gasteiger partial charge on any atom is 0.211 e. The number of aromatic nitrogens is 3. The number of carbonyl (C=O) groups excluding carboxylic acids is 1. The van der Waals surface area contributed by atoms with Gasteiger partial charge in [-0.05, 0) is 66.6 Å². The molecule has 0 amide bonds. The van der Waals surface area contributed by atoms with E-state index in [9.17, 15) is 4.79 Å². The lowest BCUT2D eigenvalue weighted by Gasteiger charge is -2.10. The molecule has 0 aliphatic rings. The molecule has 0 aliphatic heterocycles. The number of hydrogen-bond acceptors (Lipinski definition) is 3. The van der Waals surface area contributed by atoms with Crippen LogP contribution in [0.2, 0.25) is 0 Å². The first-order chi connectivity index (χ1) is 14.0. The second kappa shape index (κ2) is 6.34. The molecule has 29 heavy (non-hydrogen) atoms. The molecule has 0 saturated heterocycles. The first kappa shape index (κ1) is 17.3. The maximum atomic E-state index is 13.0. The van der Waals surface area contributed by atoms with Gasteiger partial charge in [0.2, 0.25) is 5.78 Å². The van der Waals surface area contributed by atoms with Gasteiger partial charge in [0.25, 0.3) is 0 Å². The van der Waals surface area contributed by atoms with E-state index in [1.165, 1.54) is 10.9 Å². The highest BCUT2D eigenvalue weighted by atomic mass is 16.1. The minimum Gasteiger partial charge on any atom is -0.399 e. The van der Waals surface area contributed by atoms with Crippen LogP contribution in [0.5, 0.6) is 0 Å². The van der Waals surface area contributed by atoms with Crippen LogP contribution in [0.3, 0.4) is 0 Å². The van der Waals surface area contributed by atoms with E-state index in [0.29, 0.717) is 16.9 Å². The predicted molar refractivity (Wildman–Crippen MR) is 116 cm³/mol. The van der Waals surface area contributed by atoms with Crippen LogP contribution in [0, 0.1) is 6.92 Å². The van der Waals surface area contributed by atoms with Crippen molar-refractivity contribution < 1.29 is 4.79 Å². The van der Waals surface area contributed by atoms with Crippen LogP contribution in [0.15, 0.2) is 73.2 Å². The Kier molecular flexibility index (Phi) is 3.77. The first-order valence-electron chi connectivity index (χ1n) is 9.45. The molecule has 3 heterocycles. The minimum atomic E-state index is -0.0779. The van der Waals surface area contributed by atoms with Crippen LogP contribution in [0.25, 0.3) is 27.7 Å². The van der Waals surface area contributed by atoms with Crippen molar-refractivity contribution in [3.05, 3.63) is 90.0 Å². The molecule has 5 rings (SSSR count). The molecule has 0 unspecified atom stereocenters. The smallest absolute Gasteiger partial charge is 0.211 e. The lowest BCUT2D eigenvalue weighted by atomic mass is 10.0. The van der Waals surface area contributed by atoms with Gasteiger partial charge in [0.15, 0.2) is 0 Å². The van der Waals surface area contributed by atoms with E-state index in [4.69, 9.17) is 5.73 Å². The van der Waals surface area contributed by atoms with Gasteiger partial charge in [-0.2, -0.15) is 0 Å². The SMILES string of the molecule is Cc1cc2ncc(C(=O)c3ccc(N)cc3)n2cc1-c1ccc2c(ccn2C)c1. The molecule has 0 bridgehead atoms. The molecule has 3 aromatic heterocycles. The molecule has 142 valence electrons. The van der Waals surface area contributed by atoms with E-state index in [-0.39, 0.29) is 5.78 Å². The fourth-order valence-electron chi connectivity index (χ4n) is 3.82. The van der Waals surface area contributed by atoms with E-state index in [1.54, 1.807) is 30.5 Å². The number of anilines is 1. The van der Waals surface area contributed by atoms with Crippen molar-refractivity contribution in [1.29, 1.82) is 0 Å².